The number of pyridine rings is 2. The van der Waals surface area contributed by atoms with Crippen molar-refractivity contribution in [3.63, 3.8) is 0 Å². The highest BCUT2D eigenvalue weighted by atomic mass is 32.1. The first-order valence-electron chi connectivity index (χ1n) is 6.99. The molecule has 0 bridgehead atoms. The largest absolute Gasteiger partial charge is 0.317 e. The number of thiophene rings is 2. The summed E-state index contributed by atoms with van der Waals surface area (Å²) in [5.74, 6) is -1.46. The van der Waals surface area contributed by atoms with Crippen LogP contribution in [0.25, 0.3) is 20.4 Å². The topological polar surface area (TPSA) is 84.0 Å². The first-order valence-corrected chi connectivity index (χ1v) is 8.75. The summed E-state index contributed by atoms with van der Waals surface area (Å²) in [6.45, 7) is 0. The Bertz CT molecular complexity index is 984. The number of carbonyl (C=O) groups is 2. The number of nitrogens with one attached hydrogen (secondary N) is 2. The van der Waals surface area contributed by atoms with Gasteiger partial charge in [0.2, 0.25) is 0 Å². The number of fused-ring (bicyclic) bond motifs is 2. The van der Waals surface area contributed by atoms with E-state index in [-0.39, 0.29) is 0 Å². The second-order valence-corrected chi connectivity index (χ2v) is 6.69. The zero-order valence-electron chi connectivity index (χ0n) is 12.1. The molecule has 8 heteroatoms. The second kappa shape index (κ2) is 5.99. The summed E-state index contributed by atoms with van der Waals surface area (Å²) < 4.78 is 0. The van der Waals surface area contributed by atoms with Gasteiger partial charge in [0, 0.05) is 23.2 Å². The molecule has 0 aliphatic rings. The van der Waals surface area contributed by atoms with Crippen molar-refractivity contribution in [2.24, 2.45) is 0 Å². The van der Waals surface area contributed by atoms with Crippen LogP contribution in [0.15, 0.2) is 47.4 Å². The van der Waals surface area contributed by atoms with Crippen LogP contribution >= 0.6 is 22.7 Å². The van der Waals surface area contributed by atoms with Crippen molar-refractivity contribution in [2.75, 3.05) is 10.6 Å². The smallest absolute Gasteiger partial charge is 0.314 e. The van der Waals surface area contributed by atoms with E-state index < -0.39 is 11.8 Å². The molecule has 0 aliphatic carbocycles. The van der Waals surface area contributed by atoms with Gasteiger partial charge in [-0.3, -0.25) is 9.59 Å². The number of rotatable bonds is 2. The van der Waals surface area contributed by atoms with E-state index in [0.29, 0.717) is 11.4 Å². The summed E-state index contributed by atoms with van der Waals surface area (Å²) in [4.78, 5) is 34.4. The van der Waals surface area contributed by atoms with Crippen molar-refractivity contribution in [3.05, 3.63) is 47.4 Å². The Kier molecular flexibility index (Phi) is 3.68. The third kappa shape index (κ3) is 2.61. The van der Waals surface area contributed by atoms with Crippen molar-refractivity contribution >= 4 is 66.3 Å². The molecule has 0 aliphatic heterocycles. The molecule has 2 amide bonds. The first-order chi connectivity index (χ1) is 11.7. The van der Waals surface area contributed by atoms with Crippen molar-refractivity contribution < 1.29 is 9.59 Å². The van der Waals surface area contributed by atoms with E-state index in [4.69, 9.17) is 0 Å². The monoisotopic (exact) mass is 354 g/mol. The van der Waals surface area contributed by atoms with Crippen molar-refractivity contribution in [1.82, 2.24) is 9.97 Å². The maximum Gasteiger partial charge on any atom is 0.314 e. The Labute approximate surface area is 144 Å². The predicted octanol–water partition coefficient (Wildman–Crippen LogP) is 3.48. The Balaban J connectivity index is 1.55. The zero-order valence-corrected chi connectivity index (χ0v) is 13.8. The lowest BCUT2D eigenvalue weighted by molar-refractivity contribution is -0.132. The lowest BCUT2D eigenvalue weighted by atomic mass is 10.2. The van der Waals surface area contributed by atoms with Gasteiger partial charge in [-0.25, -0.2) is 9.97 Å². The Morgan fingerprint density at radius 1 is 0.750 bits per heavy atom. The predicted molar refractivity (Wildman–Crippen MR) is 96.5 cm³/mol. The summed E-state index contributed by atoms with van der Waals surface area (Å²) >= 11 is 2.95. The molecule has 4 heterocycles. The number of amides is 2. The Morgan fingerprint density at radius 2 is 1.21 bits per heavy atom. The van der Waals surface area contributed by atoms with Crippen LogP contribution in [0.2, 0.25) is 0 Å². The molecule has 4 aromatic rings. The zero-order chi connectivity index (χ0) is 16.5. The molecular weight excluding hydrogens is 344 g/mol. The molecule has 24 heavy (non-hydrogen) atoms. The van der Waals surface area contributed by atoms with Gasteiger partial charge in [0.25, 0.3) is 0 Å². The van der Waals surface area contributed by atoms with Crippen LogP contribution in [-0.2, 0) is 9.59 Å². The van der Waals surface area contributed by atoms with Crippen LogP contribution in [0.4, 0.5) is 11.4 Å². The molecule has 0 unspecified atom stereocenters. The molecule has 2 N–H and O–H groups in total. The minimum absolute atomic E-state index is 0.566. The summed E-state index contributed by atoms with van der Waals surface area (Å²) in [5, 5.41) is 10.7. The van der Waals surface area contributed by atoms with E-state index in [1.54, 1.807) is 24.5 Å². The van der Waals surface area contributed by atoms with Crippen LogP contribution < -0.4 is 10.6 Å². The van der Waals surface area contributed by atoms with Crippen LogP contribution in [-0.4, -0.2) is 21.8 Å². The highest BCUT2D eigenvalue weighted by molar-refractivity contribution is 7.17. The fourth-order valence-electron chi connectivity index (χ4n) is 2.33. The molecule has 0 atom stereocenters. The third-order valence-corrected chi connectivity index (χ3v) is 5.08. The standard InChI is InChI=1S/C16H10N4O2S2/c21-13(19-11-1-5-17-15-9(11)3-7-23-15)14(22)20-12-2-6-18-16-10(12)4-8-24-16/h1-8H,(H,17,19,21)(H,18,20,22). The fraction of sp³-hybridized carbons (Fsp3) is 0. The average Bonchev–Trinajstić information content (AvgIpc) is 3.24. The van der Waals surface area contributed by atoms with Crippen molar-refractivity contribution in [1.29, 1.82) is 0 Å². The molecule has 118 valence electrons. The number of nitrogens with zero attached hydrogens (tertiary/aromatic N) is 2. The molecule has 0 saturated heterocycles. The minimum Gasteiger partial charge on any atom is -0.317 e. The van der Waals surface area contributed by atoms with E-state index in [1.807, 2.05) is 22.9 Å². The maximum atomic E-state index is 12.2. The van der Waals surface area contributed by atoms with E-state index in [2.05, 4.69) is 20.6 Å². The lowest BCUT2D eigenvalue weighted by Crippen LogP contribution is -2.29. The van der Waals surface area contributed by atoms with Gasteiger partial charge in [-0.15, -0.1) is 22.7 Å². The minimum atomic E-state index is -0.728. The molecular formula is C16H10N4O2S2. The molecule has 6 nitrogen and oxygen atoms in total. The maximum absolute atomic E-state index is 12.2. The fourth-order valence-corrected chi connectivity index (χ4v) is 3.85. The summed E-state index contributed by atoms with van der Waals surface area (Å²) in [6.07, 6.45) is 3.20. The summed E-state index contributed by atoms with van der Waals surface area (Å²) in [5.41, 5.74) is 1.13. The van der Waals surface area contributed by atoms with Gasteiger partial charge >= 0.3 is 11.8 Å². The normalized spacial score (nSPS) is 10.8. The number of anilines is 2. The number of aromatic nitrogens is 2. The van der Waals surface area contributed by atoms with Gasteiger partial charge in [-0.1, -0.05) is 0 Å². The molecule has 0 radical (unpaired) electrons. The van der Waals surface area contributed by atoms with Crippen LogP contribution in [0.1, 0.15) is 0 Å². The van der Waals surface area contributed by atoms with Gasteiger partial charge in [0.1, 0.15) is 9.66 Å². The van der Waals surface area contributed by atoms with E-state index in [0.717, 1.165) is 20.4 Å². The molecule has 4 rings (SSSR count). The van der Waals surface area contributed by atoms with Gasteiger partial charge < -0.3 is 10.6 Å². The van der Waals surface area contributed by atoms with E-state index in [1.165, 1.54) is 22.7 Å². The molecule has 0 aromatic carbocycles. The number of hydrogen-bond acceptors (Lipinski definition) is 6. The van der Waals surface area contributed by atoms with Crippen molar-refractivity contribution in [2.45, 2.75) is 0 Å². The lowest BCUT2D eigenvalue weighted by Gasteiger charge is -2.08. The highest BCUT2D eigenvalue weighted by Crippen LogP contribution is 2.27. The SMILES string of the molecule is O=C(Nc1ccnc2sccc12)C(=O)Nc1ccnc2sccc12. The van der Waals surface area contributed by atoms with E-state index in [9.17, 15) is 9.59 Å². The number of carbonyl (C=O) groups excluding carboxylic acids is 2. The van der Waals surface area contributed by atoms with Gasteiger partial charge in [-0.2, -0.15) is 0 Å². The number of hydrogen-bond donors (Lipinski definition) is 2. The first kappa shape index (κ1) is 14.7. The Hall–Kier alpha value is -2.84. The quantitative estimate of drug-likeness (QED) is 0.540. The van der Waals surface area contributed by atoms with Gasteiger partial charge in [0.05, 0.1) is 11.4 Å². The molecule has 4 aromatic heterocycles. The molecule has 0 spiro atoms. The summed E-state index contributed by atoms with van der Waals surface area (Å²) in [7, 11) is 0. The average molecular weight is 354 g/mol. The summed E-state index contributed by atoms with van der Waals surface area (Å²) in [6, 6.07) is 7.06. The van der Waals surface area contributed by atoms with Gasteiger partial charge in [0.15, 0.2) is 0 Å². The van der Waals surface area contributed by atoms with Crippen LogP contribution in [0, 0.1) is 0 Å². The molecule has 0 fully saturated rings. The highest BCUT2D eigenvalue weighted by Gasteiger charge is 2.17. The second-order valence-electron chi connectivity index (χ2n) is 4.90. The Morgan fingerprint density at radius 3 is 1.67 bits per heavy atom. The third-order valence-electron chi connectivity index (χ3n) is 3.44. The van der Waals surface area contributed by atoms with Gasteiger partial charge in [-0.05, 0) is 35.0 Å². The molecule has 0 saturated carbocycles. The van der Waals surface area contributed by atoms with Crippen molar-refractivity contribution in [3.8, 4) is 0 Å². The van der Waals surface area contributed by atoms with E-state index >= 15 is 0 Å². The van der Waals surface area contributed by atoms with Crippen LogP contribution in [0.3, 0.4) is 0 Å². The van der Waals surface area contributed by atoms with Crippen LogP contribution in [0.5, 0.6) is 0 Å².